The number of rotatable bonds is 17. The number of hydrogen-bond donors (Lipinski definition) is 1. The van der Waals surface area contributed by atoms with Crippen molar-refractivity contribution in [2.24, 2.45) is 0 Å². The van der Waals surface area contributed by atoms with Gasteiger partial charge in [0, 0.05) is 24.0 Å². The number of aliphatic hydroxyl groups is 1. The Hall–Kier alpha value is -1.88. The highest BCUT2D eigenvalue weighted by Gasteiger charge is 2.42. The second-order valence-corrected chi connectivity index (χ2v) is 9.45. The number of carbonyl (C=O) groups is 2. The molecule has 0 unspecified atom stereocenters. The van der Waals surface area contributed by atoms with E-state index in [-0.39, 0.29) is 18.5 Å². The van der Waals surface area contributed by atoms with Gasteiger partial charge in [-0.3, -0.25) is 0 Å². The molecule has 186 valence electrons. The summed E-state index contributed by atoms with van der Waals surface area (Å²) in [5, 5.41) is 9.81. The fourth-order valence-electron chi connectivity index (χ4n) is 4.44. The predicted octanol–water partition coefficient (Wildman–Crippen LogP) is 6.50. The van der Waals surface area contributed by atoms with Crippen molar-refractivity contribution in [3.05, 3.63) is 35.5 Å². The third kappa shape index (κ3) is 10.3. The molecule has 0 saturated carbocycles. The van der Waals surface area contributed by atoms with Gasteiger partial charge in [-0.1, -0.05) is 76.5 Å². The van der Waals surface area contributed by atoms with Gasteiger partial charge in [0.2, 0.25) is 0 Å². The van der Waals surface area contributed by atoms with Crippen molar-refractivity contribution in [2.75, 3.05) is 13.2 Å². The number of allylic oxidation sites excluding steroid dienone is 3. The normalized spacial score (nSPS) is 23.2. The van der Waals surface area contributed by atoms with E-state index in [4.69, 9.17) is 9.47 Å². The number of cyclic esters (lactones) is 2. The third-order valence-electron chi connectivity index (χ3n) is 6.48. The second-order valence-electron chi connectivity index (χ2n) is 9.45. The summed E-state index contributed by atoms with van der Waals surface area (Å²) in [5.74, 6) is -0.774. The minimum absolute atomic E-state index is 0.310. The molecular weight excluding hydrogens is 416 g/mol. The van der Waals surface area contributed by atoms with Crippen LogP contribution < -0.4 is 0 Å². The van der Waals surface area contributed by atoms with Crippen molar-refractivity contribution in [1.82, 2.24) is 0 Å². The summed E-state index contributed by atoms with van der Waals surface area (Å²) in [7, 11) is 0. The van der Waals surface area contributed by atoms with Crippen LogP contribution in [0, 0.1) is 0 Å². The van der Waals surface area contributed by atoms with Crippen LogP contribution in [0.5, 0.6) is 0 Å². The Morgan fingerprint density at radius 3 is 2.00 bits per heavy atom. The first-order valence-corrected chi connectivity index (χ1v) is 13.2. The quantitative estimate of drug-likeness (QED) is 0.116. The number of unbranched alkanes of at least 4 members (excludes halogenated alkanes) is 12. The van der Waals surface area contributed by atoms with Crippen molar-refractivity contribution in [1.29, 1.82) is 0 Å². The molecule has 1 N–H and O–H groups in total. The lowest BCUT2D eigenvalue weighted by Crippen LogP contribution is -2.31. The smallest absolute Gasteiger partial charge is 0.334 e. The van der Waals surface area contributed by atoms with Crippen LogP contribution in [-0.4, -0.2) is 35.9 Å². The van der Waals surface area contributed by atoms with E-state index in [0.29, 0.717) is 30.6 Å². The summed E-state index contributed by atoms with van der Waals surface area (Å²) in [6.45, 7) is 2.27. The lowest BCUT2D eigenvalue weighted by Gasteiger charge is -2.20. The molecule has 1 atom stereocenters. The molecule has 2 rings (SSSR count). The Morgan fingerprint density at radius 2 is 1.42 bits per heavy atom. The molecule has 0 bridgehead atoms. The standard InChI is InChI=1S/C28H44O5/c1-2-3-4-5-6-7-8-9-10-11-12-13-14-15-16-17-18-24-21-28(23-29,33-27(24)31)22-25-19-20-32-26(25)30/h9-10,18,22,29H,2-8,11-17,19-21,23H2,1H3/b10-9-,24-18+,25-22+/t28-/m0/s1. The lowest BCUT2D eigenvalue weighted by molar-refractivity contribution is -0.146. The van der Waals surface area contributed by atoms with Gasteiger partial charge in [0.25, 0.3) is 0 Å². The molecule has 2 fully saturated rings. The van der Waals surface area contributed by atoms with E-state index < -0.39 is 5.60 Å². The molecule has 0 radical (unpaired) electrons. The van der Waals surface area contributed by atoms with Gasteiger partial charge in [-0.15, -0.1) is 0 Å². The molecule has 2 aliphatic rings. The zero-order valence-corrected chi connectivity index (χ0v) is 20.6. The van der Waals surface area contributed by atoms with Crippen LogP contribution >= 0.6 is 0 Å². The van der Waals surface area contributed by atoms with E-state index in [2.05, 4.69) is 19.1 Å². The topological polar surface area (TPSA) is 72.8 Å². The number of esters is 2. The Balaban J connectivity index is 1.53. The summed E-state index contributed by atoms with van der Waals surface area (Å²) in [4.78, 5) is 23.9. The van der Waals surface area contributed by atoms with Gasteiger partial charge in [-0.05, 0) is 44.6 Å². The Labute approximate surface area is 200 Å². The van der Waals surface area contributed by atoms with Crippen molar-refractivity contribution in [3.63, 3.8) is 0 Å². The van der Waals surface area contributed by atoms with E-state index in [0.717, 1.165) is 19.3 Å². The van der Waals surface area contributed by atoms with Crippen LogP contribution in [0.1, 0.15) is 110 Å². The summed E-state index contributed by atoms with van der Waals surface area (Å²) in [6, 6.07) is 0. The zero-order valence-electron chi connectivity index (χ0n) is 20.6. The molecule has 0 aromatic heterocycles. The fraction of sp³-hybridized carbons (Fsp3) is 0.714. The molecule has 2 heterocycles. The number of hydrogen-bond acceptors (Lipinski definition) is 5. The molecule has 0 aliphatic carbocycles. The molecule has 0 amide bonds. The fourth-order valence-corrected chi connectivity index (χ4v) is 4.44. The minimum atomic E-state index is -1.12. The lowest BCUT2D eigenvalue weighted by atomic mass is 9.94. The molecule has 0 aromatic rings. The maximum Gasteiger partial charge on any atom is 0.334 e. The van der Waals surface area contributed by atoms with E-state index in [1.165, 1.54) is 70.6 Å². The summed E-state index contributed by atoms with van der Waals surface area (Å²) in [5.41, 5.74) is -0.0393. The van der Waals surface area contributed by atoms with Gasteiger partial charge in [0.1, 0.15) is 0 Å². The monoisotopic (exact) mass is 460 g/mol. The summed E-state index contributed by atoms with van der Waals surface area (Å²) >= 11 is 0. The van der Waals surface area contributed by atoms with E-state index in [9.17, 15) is 14.7 Å². The highest BCUT2D eigenvalue weighted by molar-refractivity contribution is 5.93. The van der Waals surface area contributed by atoms with E-state index in [1.807, 2.05) is 6.08 Å². The van der Waals surface area contributed by atoms with Gasteiger partial charge in [0.05, 0.1) is 13.2 Å². The van der Waals surface area contributed by atoms with Crippen molar-refractivity contribution >= 4 is 11.9 Å². The van der Waals surface area contributed by atoms with E-state index >= 15 is 0 Å². The van der Waals surface area contributed by atoms with Crippen LogP contribution in [0.15, 0.2) is 35.5 Å². The SMILES string of the molecule is CCCCCCCC/C=C\CCCCCCC/C=C1\C[C@](/C=C2\CCOC2=O)(CO)OC1=O. The molecule has 0 aromatic carbocycles. The maximum atomic E-state index is 12.2. The molecular formula is C28H44O5. The molecule has 5 heteroatoms. The van der Waals surface area contributed by atoms with Gasteiger partial charge >= 0.3 is 11.9 Å². The number of ether oxygens (including phenoxy) is 2. The molecule has 5 nitrogen and oxygen atoms in total. The molecule has 2 saturated heterocycles. The van der Waals surface area contributed by atoms with Gasteiger partial charge in [-0.25, -0.2) is 9.59 Å². The average molecular weight is 461 g/mol. The molecule has 2 aliphatic heterocycles. The summed E-state index contributed by atoms with van der Waals surface area (Å²) in [6.07, 6.45) is 26.3. The largest absolute Gasteiger partial charge is 0.462 e. The van der Waals surface area contributed by atoms with Crippen LogP contribution in [0.4, 0.5) is 0 Å². The third-order valence-corrected chi connectivity index (χ3v) is 6.48. The summed E-state index contributed by atoms with van der Waals surface area (Å²) < 4.78 is 10.4. The molecule has 0 spiro atoms. The predicted molar refractivity (Wildman–Crippen MR) is 132 cm³/mol. The number of aliphatic hydroxyl groups excluding tert-OH is 1. The zero-order chi connectivity index (χ0) is 23.8. The second kappa shape index (κ2) is 15.9. The van der Waals surface area contributed by atoms with Gasteiger partial charge in [-0.2, -0.15) is 0 Å². The maximum absolute atomic E-state index is 12.2. The first-order chi connectivity index (χ1) is 16.1. The first kappa shape index (κ1) is 27.4. The van der Waals surface area contributed by atoms with E-state index in [1.54, 1.807) is 6.08 Å². The van der Waals surface area contributed by atoms with Crippen LogP contribution in [0.25, 0.3) is 0 Å². The van der Waals surface area contributed by atoms with Gasteiger partial charge in [0.15, 0.2) is 5.60 Å². The first-order valence-electron chi connectivity index (χ1n) is 13.2. The van der Waals surface area contributed by atoms with Gasteiger partial charge < -0.3 is 14.6 Å². The highest BCUT2D eigenvalue weighted by atomic mass is 16.6. The van der Waals surface area contributed by atoms with Crippen molar-refractivity contribution in [3.8, 4) is 0 Å². The van der Waals surface area contributed by atoms with Crippen molar-refractivity contribution < 1.29 is 24.2 Å². The highest BCUT2D eigenvalue weighted by Crippen LogP contribution is 2.34. The average Bonchev–Trinajstić information content (AvgIpc) is 3.36. The Morgan fingerprint density at radius 1 is 0.818 bits per heavy atom. The number of carbonyl (C=O) groups excluding carboxylic acids is 2. The van der Waals surface area contributed by atoms with Crippen molar-refractivity contribution in [2.45, 2.75) is 115 Å². The van der Waals surface area contributed by atoms with Crippen LogP contribution in [-0.2, 0) is 19.1 Å². The Kier molecular flexibility index (Phi) is 13.2. The Bertz CT molecular complexity index is 690. The minimum Gasteiger partial charge on any atom is -0.462 e. The van der Waals surface area contributed by atoms with Crippen LogP contribution in [0.3, 0.4) is 0 Å². The van der Waals surface area contributed by atoms with Crippen LogP contribution in [0.2, 0.25) is 0 Å². The molecule has 33 heavy (non-hydrogen) atoms.